The molecule has 0 aliphatic rings. The van der Waals surface area contributed by atoms with E-state index in [2.05, 4.69) is 115 Å². The number of hydrogen-bond acceptors (Lipinski definition) is 6. The minimum atomic E-state index is 0.503. The zero-order valence-corrected chi connectivity index (χ0v) is 30.9. The monoisotopic (exact) mass is 742 g/mol. The molecular formula is C52H30N4O2. The molecular weight excluding hydrogens is 713 g/mol. The largest absolute Gasteiger partial charge is 0.455 e. The second kappa shape index (κ2) is 12.8. The van der Waals surface area contributed by atoms with Crippen molar-refractivity contribution >= 4 is 65.6 Å². The SMILES string of the molecule is c1ccc(-c2cccc(-c3nc(-c4cccc5c4oc4ccccc45)nc(-c4cccc5c4oc4ccc6c(-c7ccccc7)nc7ccccc7c6c45)n3)c2)cc1. The maximum atomic E-state index is 6.88. The molecule has 0 bridgehead atoms. The number of pyridine rings is 1. The summed E-state index contributed by atoms with van der Waals surface area (Å²) >= 11 is 0. The Labute approximate surface area is 331 Å². The van der Waals surface area contributed by atoms with E-state index in [0.717, 1.165) is 99.0 Å². The topological polar surface area (TPSA) is 77.8 Å². The molecule has 0 atom stereocenters. The van der Waals surface area contributed by atoms with Crippen LogP contribution in [-0.2, 0) is 0 Å². The molecule has 0 saturated carbocycles. The summed E-state index contributed by atoms with van der Waals surface area (Å²) in [5, 5.41) is 7.28. The maximum Gasteiger partial charge on any atom is 0.167 e. The molecule has 6 heteroatoms. The summed E-state index contributed by atoms with van der Waals surface area (Å²) < 4.78 is 13.4. The Morgan fingerprint density at radius 1 is 0.310 bits per heavy atom. The molecule has 0 aliphatic carbocycles. The van der Waals surface area contributed by atoms with Crippen molar-refractivity contribution in [2.24, 2.45) is 0 Å². The molecule has 12 aromatic rings. The fourth-order valence-electron chi connectivity index (χ4n) is 8.46. The van der Waals surface area contributed by atoms with Crippen molar-refractivity contribution in [3.8, 4) is 56.5 Å². The van der Waals surface area contributed by atoms with Crippen molar-refractivity contribution < 1.29 is 8.83 Å². The minimum absolute atomic E-state index is 0.503. The van der Waals surface area contributed by atoms with Crippen LogP contribution in [0.5, 0.6) is 0 Å². The lowest BCUT2D eigenvalue weighted by molar-refractivity contribution is 0.669. The standard InChI is InChI=1S/C52H30N4O2/c1-3-14-31(15-4-1)33-18-11-19-34(30-33)50-54-51(40-24-12-22-36-35-20-8-10-27-43(35)57-48(36)40)56-52(55-50)41-25-13-23-39-46-44(58-49(39)41)29-28-38-45(46)37-21-7-9-26-42(37)53-47(38)32-16-5-2-6-17-32/h1-30H. The van der Waals surface area contributed by atoms with Gasteiger partial charge in [0.1, 0.15) is 22.3 Å². The second-order valence-corrected chi connectivity index (χ2v) is 14.5. The first-order valence-corrected chi connectivity index (χ1v) is 19.3. The van der Waals surface area contributed by atoms with Gasteiger partial charge < -0.3 is 8.83 Å². The van der Waals surface area contributed by atoms with Gasteiger partial charge in [0, 0.05) is 48.8 Å². The Balaban J connectivity index is 1.13. The Morgan fingerprint density at radius 3 is 1.67 bits per heavy atom. The highest BCUT2D eigenvalue weighted by atomic mass is 16.3. The molecule has 6 nitrogen and oxygen atoms in total. The van der Waals surface area contributed by atoms with Gasteiger partial charge in [-0.05, 0) is 53.6 Å². The lowest BCUT2D eigenvalue weighted by atomic mass is 9.96. The molecule has 0 N–H and O–H groups in total. The van der Waals surface area contributed by atoms with Gasteiger partial charge in [-0.25, -0.2) is 19.9 Å². The van der Waals surface area contributed by atoms with Gasteiger partial charge in [-0.3, -0.25) is 0 Å². The zero-order valence-electron chi connectivity index (χ0n) is 30.9. The molecule has 270 valence electrons. The highest BCUT2D eigenvalue weighted by Gasteiger charge is 2.23. The summed E-state index contributed by atoms with van der Waals surface area (Å²) in [5.41, 5.74) is 10.6. The first-order valence-electron chi connectivity index (χ1n) is 19.3. The molecule has 0 aliphatic heterocycles. The molecule has 12 rings (SSSR count). The molecule has 58 heavy (non-hydrogen) atoms. The Hall–Kier alpha value is -7.96. The predicted octanol–water partition coefficient (Wildman–Crippen LogP) is 13.7. The molecule has 0 unspecified atom stereocenters. The average molecular weight is 743 g/mol. The summed E-state index contributed by atoms with van der Waals surface area (Å²) in [6.07, 6.45) is 0. The van der Waals surface area contributed by atoms with Gasteiger partial charge in [0.15, 0.2) is 17.5 Å². The van der Waals surface area contributed by atoms with E-state index >= 15 is 0 Å². The van der Waals surface area contributed by atoms with Crippen LogP contribution in [0.1, 0.15) is 0 Å². The van der Waals surface area contributed by atoms with Gasteiger partial charge >= 0.3 is 0 Å². The Morgan fingerprint density at radius 2 is 0.879 bits per heavy atom. The van der Waals surface area contributed by atoms with Gasteiger partial charge in [0.05, 0.1) is 22.3 Å². The number of fused-ring (bicyclic) bond motifs is 10. The van der Waals surface area contributed by atoms with Crippen LogP contribution in [0.15, 0.2) is 191 Å². The van der Waals surface area contributed by atoms with Gasteiger partial charge in [0.2, 0.25) is 0 Å². The number of benzene rings is 8. The Kier molecular flexibility index (Phi) is 7.13. The summed E-state index contributed by atoms with van der Waals surface area (Å²) in [5.74, 6) is 1.57. The fraction of sp³-hybridized carbons (Fsp3) is 0. The van der Waals surface area contributed by atoms with Crippen molar-refractivity contribution in [1.29, 1.82) is 0 Å². The molecule has 0 amide bonds. The van der Waals surface area contributed by atoms with E-state index in [1.54, 1.807) is 0 Å². The molecule has 0 saturated heterocycles. The maximum absolute atomic E-state index is 6.88. The number of nitrogens with zero attached hydrogens (tertiary/aromatic N) is 4. The summed E-state index contributed by atoms with van der Waals surface area (Å²) in [6, 6.07) is 62.1. The van der Waals surface area contributed by atoms with Crippen molar-refractivity contribution in [2.75, 3.05) is 0 Å². The van der Waals surface area contributed by atoms with Gasteiger partial charge in [-0.1, -0.05) is 140 Å². The van der Waals surface area contributed by atoms with E-state index in [9.17, 15) is 0 Å². The van der Waals surface area contributed by atoms with Crippen LogP contribution in [0.3, 0.4) is 0 Å². The number of hydrogen-bond donors (Lipinski definition) is 0. The summed E-state index contributed by atoms with van der Waals surface area (Å²) in [7, 11) is 0. The first-order chi connectivity index (χ1) is 28.7. The molecule has 4 aromatic heterocycles. The van der Waals surface area contributed by atoms with Crippen LogP contribution in [-0.4, -0.2) is 19.9 Å². The average Bonchev–Trinajstić information content (AvgIpc) is 3.88. The van der Waals surface area contributed by atoms with Crippen LogP contribution in [0.2, 0.25) is 0 Å². The quantitative estimate of drug-likeness (QED) is 0.163. The number of para-hydroxylation sites is 4. The van der Waals surface area contributed by atoms with Crippen LogP contribution >= 0.6 is 0 Å². The van der Waals surface area contributed by atoms with Crippen molar-refractivity contribution in [3.63, 3.8) is 0 Å². The number of furan rings is 2. The number of rotatable bonds is 5. The molecule has 0 spiro atoms. The molecule has 8 aromatic carbocycles. The third kappa shape index (κ3) is 5.05. The third-order valence-electron chi connectivity index (χ3n) is 11.1. The smallest absolute Gasteiger partial charge is 0.167 e. The minimum Gasteiger partial charge on any atom is -0.455 e. The van der Waals surface area contributed by atoms with Crippen molar-refractivity contribution in [1.82, 2.24) is 19.9 Å². The lowest BCUT2D eigenvalue weighted by Crippen LogP contribution is -2.00. The van der Waals surface area contributed by atoms with Gasteiger partial charge in [-0.2, -0.15) is 0 Å². The van der Waals surface area contributed by atoms with E-state index in [0.29, 0.717) is 23.1 Å². The lowest BCUT2D eigenvalue weighted by Gasteiger charge is -2.11. The van der Waals surface area contributed by atoms with E-state index in [1.807, 2.05) is 66.7 Å². The second-order valence-electron chi connectivity index (χ2n) is 14.5. The highest BCUT2D eigenvalue weighted by molar-refractivity contribution is 6.29. The highest BCUT2D eigenvalue weighted by Crippen LogP contribution is 2.44. The fourth-order valence-corrected chi connectivity index (χ4v) is 8.46. The van der Waals surface area contributed by atoms with Crippen LogP contribution in [0.25, 0.3) is 122 Å². The van der Waals surface area contributed by atoms with Crippen molar-refractivity contribution in [3.05, 3.63) is 182 Å². The van der Waals surface area contributed by atoms with Crippen LogP contribution in [0.4, 0.5) is 0 Å². The summed E-state index contributed by atoms with van der Waals surface area (Å²) in [4.78, 5) is 20.8. The summed E-state index contributed by atoms with van der Waals surface area (Å²) in [6.45, 7) is 0. The first kappa shape index (κ1) is 32.3. The third-order valence-corrected chi connectivity index (χ3v) is 11.1. The van der Waals surface area contributed by atoms with Gasteiger partial charge in [-0.15, -0.1) is 0 Å². The molecule has 0 radical (unpaired) electrons. The van der Waals surface area contributed by atoms with E-state index in [1.165, 1.54) is 0 Å². The van der Waals surface area contributed by atoms with Gasteiger partial charge in [0.25, 0.3) is 0 Å². The molecule has 0 fully saturated rings. The van der Waals surface area contributed by atoms with Crippen LogP contribution in [0, 0.1) is 0 Å². The van der Waals surface area contributed by atoms with Crippen molar-refractivity contribution in [2.45, 2.75) is 0 Å². The van der Waals surface area contributed by atoms with Crippen LogP contribution < -0.4 is 0 Å². The predicted molar refractivity (Wildman–Crippen MR) is 234 cm³/mol. The van der Waals surface area contributed by atoms with E-state index in [4.69, 9.17) is 28.8 Å². The normalized spacial score (nSPS) is 11.8. The number of aromatic nitrogens is 4. The van der Waals surface area contributed by atoms with E-state index < -0.39 is 0 Å². The van der Waals surface area contributed by atoms with E-state index in [-0.39, 0.29) is 0 Å². The zero-order chi connectivity index (χ0) is 38.2. The Bertz CT molecular complexity index is 3570. The molecule has 4 heterocycles.